The number of nitrogens with zero attached hydrogens (tertiary/aromatic N) is 1. The van der Waals surface area contributed by atoms with Gasteiger partial charge < -0.3 is 55.1 Å². The molecular formula is C21H33NO12. The van der Waals surface area contributed by atoms with Gasteiger partial charge in [0, 0.05) is 19.1 Å². The van der Waals surface area contributed by atoms with Crippen LogP contribution in [-0.4, -0.2) is 127 Å². The number of aliphatic hydroxyl groups excluding tert-OH is 8. The molecule has 34 heavy (non-hydrogen) atoms. The number of ether oxygens (including phenoxy) is 3. The van der Waals surface area contributed by atoms with E-state index in [0.29, 0.717) is 0 Å². The molecule has 0 bridgehead atoms. The van der Waals surface area contributed by atoms with E-state index in [4.69, 9.17) is 14.2 Å². The molecule has 0 aromatic heterocycles. The molecular weight excluding hydrogens is 458 g/mol. The van der Waals surface area contributed by atoms with Crippen LogP contribution >= 0.6 is 0 Å². The Bertz CT molecular complexity index is 799. The standard InChI is InChI=1S/C21H33NO12/c1-21(2)3-9(25)8(10(26)4-21)5-22-13-15(28)18(12(7-24)32-19(13)31)34-20-17(30)16(29)14(27)11(6-23)33-20/h5,11-20,23-25,27-31H,3-4,6-7H2,1-2H3/t11?,12?,13?,14-,15+,16-,17?,18+,19+,20-/m0/s1. The lowest BCUT2D eigenvalue weighted by atomic mass is 9.77. The van der Waals surface area contributed by atoms with E-state index in [2.05, 4.69) is 4.99 Å². The number of allylic oxidation sites excluding steroid dienone is 2. The largest absolute Gasteiger partial charge is 0.511 e. The second kappa shape index (κ2) is 10.6. The molecule has 0 spiro atoms. The van der Waals surface area contributed by atoms with Crippen LogP contribution in [0.5, 0.6) is 0 Å². The van der Waals surface area contributed by atoms with E-state index >= 15 is 0 Å². The van der Waals surface area contributed by atoms with E-state index in [-0.39, 0.29) is 30.0 Å². The molecule has 0 aromatic rings. The van der Waals surface area contributed by atoms with Crippen LogP contribution in [0.3, 0.4) is 0 Å². The second-order valence-electron chi connectivity index (χ2n) is 9.61. The van der Waals surface area contributed by atoms with Crippen molar-refractivity contribution in [3.05, 3.63) is 11.3 Å². The highest BCUT2D eigenvalue weighted by atomic mass is 16.7. The first kappa shape index (κ1) is 27.1. The van der Waals surface area contributed by atoms with Gasteiger partial charge in [-0.2, -0.15) is 0 Å². The van der Waals surface area contributed by atoms with Crippen LogP contribution in [0, 0.1) is 5.41 Å². The third-order valence-corrected chi connectivity index (χ3v) is 6.25. The minimum absolute atomic E-state index is 0.0607. The fourth-order valence-corrected chi connectivity index (χ4v) is 4.34. The minimum atomic E-state index is -1.77. The summed E-state index contributed by atoms with van der Waals surface area (Å²) in [5.74, 6) is -0.534. The van der Waals surface area contributed by atoms with Crippen molar-refractivity contribution in [1.29, 1.82) is 0 Å². The predicted molar refractivity (Wildman–Crippen MR) is 113 cm³/mol. The normalized spacial score (nSPS) is 43.5. The molecule has 2 fully saturated rings. The van der Waals surface area contributed by atoms with Crippen molar-refractivity contribution in [2.24, 2.45) is 10.4 Å². The Morgan fingerprint density at radius 2 is 1.62 bits per heavy atom. The summed E-state index contributed by atoms with van der Waals surface area (Å²) in [5.41, 5.74) is -0.487. The van der Waals surface area contributed by atoms with E-state index in [9.17, 15) is 45.6 Å². The second-order valence-corrected chi connectivity index (χ2v) is 9.61. The number of carbonyl (C=O) groups excluding carboxylic acids is 1. The van der Waals surface area contributed by atoms with E-state index < -0.39 is 80.0 Å². The fraction of sp³-hybridized carbons (Fsp3) is 0.810. The molecule has 2 aliphatic heterocycles. The summed E-state index contributed by atoms with van der Waals surface area (Å²) >= 11 is 0. The maximum Gasteiger partial charge on any atom is 0.187 e. The van der Waals surface area contributed by atoms with Crippen LogP contribution in [0.1, 0.15) is 26.7 Å². The van der Waals surface area contributed by atoms with Crippen molar-refractivity contribution in [1.82, 2.24) is 0 Å². The summed E-state index contributed by atoms with van der Waals surface area (Å²) in [7, 11) is 0. The van der Waals surface area contributed by atoms with Gasteiger partial charge in [0.1, 0.15) is 54.5 Å². The van der Waals surface area contributed by atoms with E-state index in [0.717, 1.165) is 6.21 Å². The van der Waals surface area contributed by atoms with Gasteiger partial charge in [0.05, 0.1) is 18.8 Å². The summed E-state index contributed by atoms with van der Waals surface area (Å²) < 4.78 is 16.1. The van der Waals surface area contributed by atoms with Crippen molar-refractivity contribution >= 4 is 12.0 Å². The lowest BCUT2D eigenvalue weighted by Gasteiger charge is -2.45. The first-order valence-electron chi connectivity index (χ1n) is 11.0. The molecule has 0 aromatic carbocycles. The summed E-state index contributed by atoms with van der Waals surface area (Å²) in [6.07, 6.45) is -12.7. The summed E-state index contributed by atoms with van der Waals surface area (Å²) in [5, 5.41) is 80.5. The molecule has 4 unspecified atom stereocenters. The Hall–Kier alpha value is -1.52. The average Bonchev–Trinajstić information content (AvgIpc) is 2.75. The molecule has 8 N–H and O–H groups in total. The topological polar surface area (TPSA) is 219 Å². The summed E-state index contributed by atoms with van der Waals surface area (Å²) in [6, 6.07) is -1.42. The molecule has 194 valence electrons. The number of hydrogen-bond acceptors (Lipinski definition) is 13. The number of ketones is 1. The summed E-state index contributed by atoms with van der Waals surface area (Å²) in [4.78, 5) is 16.4. The first-order valence-corrected chi connectivity index (χ1v) is 11.0. The highest BCUT2D eigenvalue weighted by Gasteiger charge is 2.50. The van der Waals surface area contributed by atoms with Gasteiger partial charge in [0.25, 0.3) is 0 Å². The number of carbonyl (C=O) groups is 1. The third kappa shape index (κ3) is 5.49. The monoisotopic (exact) mass is 491 g/mol. The fourth-order valence-electron chi connectivity index (χ4n) is 4.34. The van der Waals surface area contributed by atoms with Crippen LogP contribution in [-0.2, 0) is 19.0 Å². The van der Waals surface area contributed by atoms with Crippen molar-refractivity contribution in [3.63, 3.8) is 0 Å². The Labute approximate surface area is 195 Å². The molecule has 1 aliphatic carbocycles. The maximum absolute atomic E-state index is 12.4. The Morgan fingerprint density at radius 1 is 0.971 bits per heavy atom. The van der Waals surface area contributed by atoms with Crippen LogP contribution in [0.25, 0.3) is 0 Å². The van der Waals surface area contributed by atoms with Crippen LogP contribution in [0.2, 0.25) is 0 Å². The van der Waals surface area contributed by atoms with Gasteiger partial charge in [-0.25, -0.2) is 0 Å². The van der Waals surface area contributed by atoms with Crippen LogP contribution in [0.4, 0.5) is 0 Å². The zero-order valence-corrected chi connectivity index (χ0v) is 18.8. The van der Waals surface area contributed by atoms with Gasteiger partial charge in [0.15, 0.2) is 18.4 Å². The smallest absolute Gasteiger partial charge is 0.187 e. The van der Waals surface area contributed by atoms with Gasteiger partial charge in [-0.05, 0) is 5.41 Å². The SMILES string of the molecule is CC1(C)CC(=O)C(C=NC2[C@H](O)OC(CO)[C@@H](O[C@@H]3OC(CO)[C@H](O)[C@H](O)C3O)[C@@H]2O)=C(O)C1. The molecule has 0 radical (unpaired) electrons. The zero-order valence-electron chi connectivity index (χ0n) is 18.8. The number of aliphatic imine (C=N–C) groups is 1. The Kier molecular flexibility index (Phi) is 8.46. The number of rotatable bonds is 6. The van der Waals surface area contributed by atoms with Crippen molar-refractivity contribution in [2.45, 2.75) is 88.0 Å². The zero-order chi connectivity index (χ0) is 25.4. The molecule has 13 nitrogen and oxygen atoms in total. The first-order chi connectivity index (χ1) is 15.9. The third-order valence-electron chi connectivity index (χ3n) is 6.25. The van der Waals surface area contributed by atoms with Crippen molar-refractivity contribution < 1.29 is 59.9 Å². The summed E-state index contributed by atoms with van der Waals surface area (Å²) in [6.45, 7) is 2.24. The molecule has 13 heteroatoms. The van der Waals surface area contributed by atoms with Crippen molar-refractivity contribution in [3.8, 4) is 0 Å². The molecule has 3 aliphatic rings. The molecule has 2 saturated heterocycles. The van der Waals surface area contributed by atoms with Gasteiger partial charge in [-0.1, -0.05) is 13.8 Å². The average molecular weight is 491 g/mol. The van der Waals surface area contributed by atoms with Gasteiger partial charge >= 0.3 is 0 Å². The highest BCUT2D eigenvalue weighted by molar-refractivity contribution is 6.14. The molecule has 0 saturated carbocycles. The van der Waals surface area contributed by atoms with Gasteiger partial charge in [-0.3, -0.25) is 9.79 Å². The van der Waals surface area contributed by atoms with Gasteiger partial charge in [-0.15, -0.1) is 0 Å². The lowest BCUT2D eigenvalue weighted by molar-refractivity contribution is -0.344. The van der Waals surface area contributed by atoms with E-state index in [1.807, 2.05) is 13.8 Å². The number of hydrogen-bond donors (Lipinski definition) is 8. The number of aliphatic hydroxyl groups is 8. The lowest BCUT2D eigenvalue weighted by Crippen LogP contribution is -2.64. The van der Waals surface area contributed by atoms with Crippen LogP contribution in [0.15, 0.2) is 16.3 Å². The molecule has 0 amide bonds. The van der Waals surface area contributed by atoms with Crippen molar-refractivity contribution in [2.75, 3.05) is 13.2 Å². The Balaban J connectivity index is 1.80. The minimum Gasteiger partial charge on any atom is -0.511 e. The van der Waals surface area contributed by atoms with Gasteiger partial charge in [0.2, 0.25) is 0 Å². The van der Waals surface area contributed by atoms with E-state index in [1.165, 1.54) is 0 Å². The predicted octanol–water partition coefficient (Wildman–Crippen LogP) is -3.12. The number of Topliss-reactive ketones (excluding diaryl/α,β-unsaturated/α-hetero) is 1. The highest BCUT2D eigenvalue weighted by Crippen LogP contribution is 2.35. The molecule has 2 heterocycles. The Morgan fingerprint density at radius 3 is 2.21 bits per heavy atom. The maximum atomic E-state index is 12.4. The molecule has 10 atom stereocenters. The quantitative estimate of drug-likeness (QED) is 0.173. The van der Waals surface area contributed by atoms with Crippen LogP contribution < -0.4 is 0 Å². The molecule has 3 rings (SSSR count). The van der Waals surface area contributed by atoms with E-state index in [1.54, 1.807) is 0 Å².